The summed E-state index contributed by atoms with van der Waals surface area (Å²) in [5, 5.41) is 4.61. The van der Waals surface area contributed by atoms with Crippen molar-refractivity contribution < 1.29 is 9.18 Å². The fourth-order valence-electron chi connectivity index (χ4n) is 4.27. The highest BCUT2D eigenvalue weighted by Crippen LogP contribution is 2.35. The first kappa shape index (κ1) is 19.3. The molecular formula is C24H18FN7O. The second-order valence-electron chi connectivity index (χ2n) is 7.83. The highest BCUT2D eigenvalue weighted by molar-refractivity contribution is 6.08. The van der Waals surface area contributed by atoms with Crippen molar-refractivity contribution in [2.24, 2.45) is 0 Å². The first-order valence-electron chi connectivity index (χ1n) is 10.5. The maximum absolute atomic E-state index is 14.3. The van der Waals surface area contributed by atoms with E-state index in [9.17, 15) is 9.18 Å². The number of fused-ring (bicyclic) bond motifs is 2. The van der Waals surface area contributed by atoms with Crippen molar-refractivity contribution in [2.45, 2.75) is 12.5 Å². The van der Waals surface area contributed by atoms with Gasteiger partial charge in [-0.3, -0.25) is 4.79 Å². The largest absolute Gasteiger partial charge is 0.348 e. The monoisotopic (exact) mass is 439 g/mol. The van der Waals surface area contributed by atoms with Gasteiger partial charge in [0.05, 0.1) is 23.3 Å². The van der Waals surface area contributed by atoms with Crippen LogP contribution in [-0.2, 0) is 6.42 Å². The first-order valence-corrected chi connectivity index (χ1v) is 10.5. The van der Waals surface area contributed by atoms with Crippen LogP contribution in [0.2, 0.25) is 0 Å². The van der Waals surface area contributed by atoms with Crippen molar-refractivity contribution in [1.82, 2.24) is 29.5 Å². The summed E-state index contributed by atoms with van der Waals surface area (Å²) in [5.41, 5.74) is 3.83. The van der Waals surface area contributed by atoms with Crippen LogP contribution in [0, 0.1) is 5.82 Å². The van der Waals surface area contributed by atoms with E-state index in [1.807, 2.05) is 23.1 Å². The van der Waals surface area contributed by atoms with Gasteiger partial charge in [-0.2, -0.15) is 5.10 Å². The summed E-state index contributed by atoms with van der Waals surface area (Å²) in [7, 11) is 0. The van der Waals surface area contributed by atoms with E-state index < -0.39 is 6.04 Å². The Morgan fingerprint density at radius 1 is 1.03 bits per heavy atom. The Labute approximate surface area is 187 Å². The summed E-state index contributed by atoms with van der Waals surface area (Å²) >= 11 is 0. The van der Waals surface area contributed by atoms with Gasteiger partial charge < -0.3 is 9.88 Å². The average Bonchev–Trinajstić information content (AvgIpc) is 3.51. The molecule has 0 fully saturated rings. The van der Waals surface area contributed by atoms with Crippen molar-refractivity contribution >= 4 is 17.2 Å². The lowest BCUT2D eigenvalue weighted by Gasteiger charge is -2.33. The number of carbonyl (C=O) groups is 1. The fraction of sp³-hybridized carbons (Fsp3) is 0.125. The van der Waals surface area contributed by atoms with E-state index >= 15 is 0 Å². The maximum atomic E-state index is 14.3. The van der Waals surface area contributed by atoms with Crippen LogP contribution in [0.5, 0.6) is 0 Å². The van der Waals surface area contributed by atoms with Gasteiger partial charge in [0.15, 0.2) is 5.78 Å². The van der Waals surface area contributed by atoms with Gasteiger partial charge >= 0.3 is 0 Å². The highest BCUT2D eigenvalue weighted by Gasteiger charge is 2.34. The molecule has 1 atom stereocenters. The molecule has 1 unspecified atom stereocenters. The molecule has 5 aromatic rings. The normalized spacial score (nSPS) is 15.5. The number of hydrogen-bond donors (Lipinski definition) is 1. The molecule has 6 rings (SSSR count). The summed E-state index contributed by atoms with van der Waals surface area (Å²) in [4.78, 5) is 31.4. The third-order valence-corrected chi connectivity index (χ3v) is 5.87. The van der Waals surface area contributed by atoms with E-state index in [1.165, 1.54) is 23.0 Å². The molecule has 0 spiro atoms. The van der Waals surface area contributed by atoms with Gasteiger partial charge in [-0.1, -0.05) is 30.3 Å². The zero-order valence-corrected chi connectivity index (χ0v) is 17.4. The van der Waals surface area contributed by atoms with E-state index in [2.05, 4.69) is 25.0 Å². The lowest BCUT2D eigenvalue weighted by molar-refractivity contribution is 0.103. The molecule has 0 bridgehead atoms. The van der Waals surface area contributed by atoms with Crippen LogP contribution in [0.1, 0.15) is 39.0 Å². The number of anilines is 1. The van der Waals surface area contributed by atoms with Gasteiger partial charge in [-0.25, -0.2) is 23.9 Å². The Morgan fingerprint density at radius 2 is 1.85 bits per heavy atom. The second-order valence-corrected chi connectivity index (χ2v) is 7.83. The summed E-state index contributed by atoms with van der Waals surface area (Å²) in [6.07, 6.45) is 7.17. The number of hydrogen-bond acceptors (Lipinski definition) is 6. The molecule has 0 saturated carbocycles. The first-order chi connectivity index (χ1) is 16.2. The number of ketones is 1. The van der Waals surface area contributed by atoms with Crippen molar-refractivity contribution in [1.29, 1.82) is 0 Å². The molecular weight excluding hydrogens is 421 g/mol. The minimum Gasteiger partial charge on any atom is -0.348 e. The minimum atomic E-state index is -0.394. The number of nitrogens with zero attached hydrogens (tertiary/aromatic N) is 6. The predicted octanol–water partition coefficient (Wildman–Crippen LogP) is 3.37. The van der Waals surface area contributed by atoms with E-state index in [1.54, 1.807) is 36.8 Å². The van der Waals surface area contributed by atoms with Crippen LogP contribution in [0.3, 0.4) is 0 Å². The van der Waals surface area contributed by atoms with E-state index in [0.29, 0.717) is 34.8 Å². The summed E-state index contributed by atoms with van der Waals surface area (Å²) in [5.74, 6) is -0.0283. The minimum absolute atomic E-state index is 0.136. The molecule has 1 aliphatic heterocycles. The van der Waals surface area contributed by atoms with Crippen LogP contribution >= 0.6 is 0 Å². The Hall–Kier alpha value is -4.40. The number of H-pyrrole nitrogens is 1. The molecule has 0 amide bonds. The maximum Gasteiger partial charge on any atom is 0.226 e. The van der Waals surface area contributed by atoms with Gasteiger partial charge in [0.25, 0.3) is 0 Å². The lowest BCUT2D eigenvalue weighted by atomic mass is 10.00. The number of aromatic amines is 1. The van der Waals surface area contributed by atoms with Gasteiger partial charge in [-0.15, -0.1) is 0 Å². The molecule has 1 N–H and O–H groups in total. The SMILES string of the molecule is O=C(c1ccccc1)c1cnc(N2CCc3[nH]cnc3C2c2cc3c(F)cccn3n2)nc1. The molecule has 162 valence electrons. The van der Waals surface area contributed by atoms with Crippen molar-refractivity contribution in [3.05, 3.63) is 107 Å². The number of halogens is 1. The van der Waals surface area contributed by atoms with Crippen LogP contribution in [0.15, 0.2) is 73.4 Å². The summed E-state index contributed by atoms with van der Waals surface area (Å²) < 4.78 is 15.9. The Bertz CT molecular complexity index is 1460. The number of pyridine rings is 1. The quantitative estimate of drug-likeness (QED) is 0.432. The molecule has 8 nitrogen and oxygen atoms in total. The molecule has 4 aromatic heterocycles. The summed E-state index contributed by atoms with van der Waals surface area (Å²) in [6, 6.07) is 13.4. The van der Waals surface area contributed by atoms with E-state index in [-0.39, 0.29) is 11.6 Å². The number of rotatable bonds is 4. The highest BCUT2D eigenvalue weighted by atomic mass is 19.1. The van der Waals surface area contributed by atoms with Gasteiger partial charge in [0, 0.05) is 42.8 Å². The van der Waals surface area contributed by atoms with E-state index in [0.717, 1.165) is 17.8 Å². The third kappa shape index (κ3) is 3.25. The van der Waals surface area contributed by atoms with Crippen LogP contribution < -0.4 is 4.90 Å². The van der Waals surface area contributed by atoms with Crippen molar-refractivity contribution in [2.75, 3.05) is 11.4 Å². The Balaban J connectivity index is 1.39. The lowest BCUT2D eigenvalue weighted by Crippen LogP contribution is -2.37. The molecule has 33 heavy (non-hydrogen) atoms. The molecule has 1 aromatic carbocycles. The standard InChI is InChI=1S/C24H18FN7O/c25-17-7-4-9-32-20(17)11-19(30-32)22-21-18(28-14-29-21)8-10-31(22)24-26-12-16(13-27-24)23(33)15-5-2-1-3-6-15/h1-7,9,11-14,22H,8,10H2,(H,28,29). The zero-order chi connectivity index (χ0) is 22.4. The Morgan fingerprint density at radius 3 is 2.64 bits per heavy atom. The van der Waals surface area contributed by atoms with Crippen molar-refractivity contribution in [3.63, 3.8) is 0 Å². The summed E-state index contributed by atoms with van der Waals surface area (Å²) in [6.45, 7) is 0.613. The number of carbonyl (C=O) groups excluding carboxylic acids is 1. The molecule has 9 heteroatoms. The molecule has 0 aliphatic carbocycles. The zero-order valence-electron chi connectivity index (χ0n) is 17.4. The molecule has 0 saturated heterocycles. The smallest absolute Gasteiger partial charge is 0.226 e. The fourth-order valence-corrected chi connectivity index (χ4v) is 4.27. The second kappa shape index (κ2) is 7.63. The molecule has 5 heterocycles. The van der Waals surface area contributed by atoms with E-state index in [4.69, 9.17) is 0 Å². The van der Waals surface area contributed by atoms with Crippen LogP contribution in [0.4, 0.5) is 10.3 Å². The number of aromatic nitrogens is 6. The van der Waals surface area contributed by atoms with Gasteiger partial charge in [0.1, 0.15) is 17.4 Å². The van der Waals surface area contributed by atoms with Crippen molar-refractivity contribution in [3.8, 4) is 0 Å². The van der Waals surface area contributed by atoms with Gasteiger partial charge in [0.2, 0.25) is 5.95 Å². The average molecular weight is 439 g/mol. The third-order valence-electron chi connectivity index (χ3n) is 5.87. The number of benzene rings is 1. The van der Waals surface area contributed by atoms with Crippen LogP contribution in [-0.4, -0.2) is 41.9 Å². The number of nitrogens with one attached hydrogen (secondary N) is 1. The molecule has 0 radical (unpaired) electrons. The Kier molecular flexibility index (Phi) is 4.46. The molecule has 1 aliphatic rings. The van der Waals surface area contributed by atoms with Gasteiger partial charge in [-0.05, 0) is 18.2 Å². The topological polar surface area (TPSA) is 92.1 Å². The number of imidazole rings is 1. The predicted molar refractivity (Wildman–Crippen MR) is 119 cm³/mol. The van der Waals surface area contributed by atoms with Crippen LogP contribution in [0.25, 0.3) is 5.52 Å².